The first kappa shape index (κ1) is 14.0. The monoisotopic (exact) mass is 332 g/mol. The predicted molar refractivity (Wildman–Crippen MR) is 95.2 cm³/mol. The van der Waals surface area contributed by atoms with Gasteiger partial charge in [0.2, 0.25) is 5.95 Å². The lowest BCUT2D eigenvalue weighted by atomic mass is 10.3. The second kappa shape index (κ2) is 5.59. The minimum absolute atomic E-state index is 0.522. The Hall–Kier alpha value is -3.42. The number of H-pyrrole nitrogens is 1. The lowest BCUT2D eigenvalue weighted by Crippen LogP contribution is -2.03. The van der Waals surface area contributed by atoms with Crippen LogP contribution in [-0.2, 0) is 0 Å². The van der Waals surface area contributed by atoms with Crippen LogP contribution in [0.2, 0.25) is 0 Å². The summed E-state index contributed by atoms with van der Waals surface area (Å²) in [6.07, 6.45) is 9.36. The number of benzene rings is 1. The van der Waals surface area contributed by atoms with Crippen molar-refractivity contribution < 1.29 is 0 Å². The molecule has 25 heavy (non-hydrogen) atoms. The molecule has 0 bridgehead atoms. The van der Waals surface area contributed by atoms with E-state index in [2.05, 4.69) is 35.6 Å². The first-order valence-electron chi connectivity index (χ1n) is 8.18. The Kier molecular flexibility index (Phi) is 3.12. The zero-order chi connectivity index (χ0) is 16.6. The maximum Gasteiger partial charge on any atom is 0.207 e. The van der Waals surface area contributed by atoms with E-state index < -0.39 is 0 Å². The van der Waals surface area contributed by atoms with Gasteiger partial charge < -0.3 is 20.2 Å². The van der Waals surface area contributed by atoms with Gasteiger partial charge in [-0.2, -0.15) is 4.98 Å². The number of fused-ring (bicyclic) bond motifs is 1. The molecule has 0 saturated heterocycles. The van der Waals surface area contributed by atoms with Crippen LogP contribution in [0, 0.1) is 0 Å². The van der Waals surface area contributed by atoms with E-state index in [1.54, 1.807) is 12.5 Å². The maximum atomic E-state index is 4.50. The summed E-state index contributed by atoms with van der Waals surface area (Å²) in [5.74, 6) is 1.45. The molecule has 0 amide bonds. The summed E-state index contributed by atoms with van der Waals surface area (Å²) < 4.78 is 1.95. The number of nitrogens with zero attached hydrogens (tertiary/aromatic N) is 5. The van der Waals surface area contributed by atoms with Crippen molar-refractivity contribution in [3.05, 3.63) is 49.3 Å². The first-order chi connectivity index (χ1) is 12.3. The average molecular weight is 332 g/mol. The fourth-order valence-corrected chi connectivity index (χ4v) is 2.68. The molecule has 8 heteroatoms. The van der Waals surface area contributed by atoms with Crippen LogP contribution in [0.25, 0.3) is 16.9 Å². The molecular weight excluding hydrogens is 316 g/mol. The van der Waals surface area contributed by atoms with Gasteiger partial charge in [0.05, 0.1) is 6.33 Å². The van der Waals surface area contributed by atoms with Crippen LogP contribution in [0.4, 0.5) is 17.5 Å². The third-order valence-electron chi connectivity index (χ3n) is 4.14. The standard InChI is InChI=1S/C17H16N8/c1-2-11(1)21-15-14-16(20-9-19-15)24-17(23-14)22-12-3-5-13(6-4-12)25-8-7-18-10-25/h3-11H,1-2H2,(H3,19,20,21,22,23,24). The number of imidazole rings is 2. The van der Waals surface area contributed by atoms with Crippen LogP contribution in [0.5, 0.6) is 0 Å². The fourth-order valence-electron chi connectivity index (χ4n) is 2.68. The van der Waals surface area contributed by atoms with Gasteiger partial charge in [0, 0.05) is 29.8 Å². The molecule has 8 nitrogen and oxygen atoms in total. The summed E-state index contributed by atoms with van der Waals surface area (Å²) in [5.41, 5.74) is 3.46. The molecule has 5 rings (SSSR count). The molecule has 0 atom stereocenters. The minimum Gasteiger partial charge on any atom is -0.365 e. The van der Waals surface area contributed by atoms with Crippen LogP contribution in [-0.4, -0.2) is 35.5 Å². The molecule has 1 saturated carbocycles. The molecule has 3 heterocycles. The number of aromatic amines is 1. The fraction of sp³-hybridized carbons (Fsp3) is 0.176. The van der Waals surface area contributed by atoms with E-state index in [-0.39, 0.29) is 0 Å². The number of hydrogen-bond acceptors (Lipinski definition) is 6. The summed E-state index contributed by atoms with van der Waals surface area (Å²) in [6, 6.07) is 8.56. The van der Waals surface area contributed by atoms with Gasteiger partial charge in [-0.15, -0.1) is 0 Å². The van der Waals surface area contributed by atoms with Crippen molar-refractivity contribution in [3.63, 3.8) is 0 Å². The van der Waals surface area contributed by atoms with Crippen LogP contribution in [0.15, 0.2) is 49.3 Å². The molecule has 0 aliphatic heterocycles. The SMILES string of the molecule is c1cn(-c2ccc(Nc3nc4ncnc(NC5CC5)c4[nH]3)cc2)cn1. The van der Waals surface area contributed by atoms with Gasteiger partial charge in [0.25, 0.3) is 0 Å². The Balaban J connectivity index is 1.40. The molecule has 1 aliphatic rings. The third kappa shape index (κ3) is 2.78. The lowest BCUT2D eigenvalue weighted by Gasteiger charge is -2.05. The zero-order valence-electron chi connectivity index (χ0n) is 13.3. The number of rotatable bonds is 5. The number of anilines is 3. The van der Waals surface area contributed by atoms with Crippen molar-refractivity contribution in [2.24, 2.45) is 0 Å². The highest BCUT2D eigenvalue weighted by atomic mass is 15.2. The van der Waals surface area contributed by atoms with Gasteiger partial charge in [0.15, 0.2) is 11.5 Å². The Bertz CT molecular complexity index is 999. The van der Waals surface area contributed by atoms with Gasteiger partial charge in [-0.05, 0) is 37.1 Å². The van der Waals surface area contributed by atoms with Gasteiger partial charge in [0.1, 0.15) is 11.8 Å². The largest absolute Gasteiger partial charge is 0.365 e. The van der Waals surface area contributed by atoms with E-state index in [1.807, 2.05) is 35.0 Å². The Morgan fingerprint density at radius 2 is 2.00 bits per heavy atom. The van der Waals surface area contributed by atoms with Crippen LogP contribution >= 0.6 is 0 Å². The second-order valence-electron chi connectivity index (χ2n) is 6.07. The van der Waals surface area contributed by atoms with Crippen LogP contribution < -0.4 is 10.6 Å². The summed E-state index contributed by atoms with van der Waals surface area (Å²) in [5, 5.41) is 6.68. The molecule has 1 aliphatic carbocycles. The topological polar surface area (TPSA) is 96.3 Å². The van der Waals surface area contributed by atoms with Crippen molar-refractivity contribution in [1.29, 1.82) is 0 Å². The number of aromatic nitrogens is 6. The molecule has 1 aromatic carbocycles. The van der Waals surface area contributed by atoms with Gasteiger partial charge >= 0.3 is 0 Å². The van der Waals surface area contributed by atoms with Gasteiger partial charge in [-0.25, -0.2) is 15.0 Å². The molecule has 0 radical (unpaired) electrons. The van der Waals surface area contributed by atoms with Crippen LogP contribution in [0.3, 0.4) is 0 Å². The van der Waals surface area contributed by atoms with Crippen molar-refractivity contribution in [1.82, 2.24) is 29.5 Å². The van der Waals surface area contributed by atoms with Crippen molar-refractivity contribution in [3.8, 4) is 5.69 Å². The van der Waals surface area contributed by atoms with Crippen LogP contribution in [0.1, 0.15) is 12.8 Å². The summed E-state index contributed by atoms with van der Waals surface area (Å²) >= 11 is 0. The lowest BCUT2D eigenvalue weighted by molar-refractivity contribution is 1.06. The van der Waals surface area contributed by atoms with E-state index in [0.717, 1.165) is 22.7 Å². The highest BCUT2D eigenvalue weighted by Crippen LogP contribution is 2.27. The highest BCUT2D eigenvalue weighted by Gasteiger charge is 2.23. The summed E-state index contributed by atoms with van der Waals surface area (Å²) in [6.45, 7) is 0. The summed E-state index contributed by atoms with van der Waals surface area (Å²) in [7, 11) is 0. The third-order valence-corrected chi connectivity index (χ3v) is 4.14. The van der Waals surface area contributed by atoms with Gasteiger partial charge in [-0.3, -0.25) is 0 Å². The van der Waals surface area contributed by atoms with E-state index in [4.69, 9.17) is 0 Å². The smallest absolute Gasteiger partial charge is 0.207 e. The Morgan fingerprint density at radius 1 is 1.12 bits per heavy atom. The minimum atomic E-state index is 0.522. The van der Waals surface area contributed by atoms with E-state index in [0.29, 0.717) is 17.6 Å². The first-order valence-corrected chi connectivity index (χ1v) is 8.18. The quantitative estimate of drug-likeness (QED) is 0.520. The Morgan fingerprint density at radius 3 is 2.76 bits per heavy atom. The average Bonchev–Trinajstić information content (AvgIpc) is 3.11. The highest BCUT2D eigenvalue weighted by molar-refractivity contribution is 5.85. The molecule has 1 fully saturated rings. The van der Waals surface area contributed by atoms with E-state index in [1.165, 1.54) is 19.2 Å². The Labute approximate surface area is 143 Å². The van der Waals surface area contributed by atoms with Crippen molar-refractivity contribution in [2.75, 3.05) is 10.6 Å². The molecule has 4 aromatic rings. The summed E-state index contributed by atoms with van der Waals surface area (Å²) in [4.78, 5) is 20.4. The zero-order valence-corrected chi connectivity index (χ0v) is 13.3. The molecule has 124 valence electrons. The van der Waals surface area contributed by atoms with Gasteiger partial charge in [-0.1, -0.05) is 0 Å². The predicted octanol–water partition coefficient (Wildman–Crippen LogP) is 2.86. The molecular formula is C17H16N8. The molecule has 0 spiro atoms. The van der Waals surface area contributed by atoms with Crippen molar-refractivity contribution in [2.45, 2.75) is 18.9 Å². The molecule has 3 aromatic heterocycles. The maximum absolute atomic E-state index is 4.50. The molecule has 3 N–H and O–H groups in total. The van der Waals surface area contributed by atoms with E-state index in [9.17, 15) is 0 Å². The molecule has 0 unspecified atom stereocenters. The van der Waals surface area contributed by atoms with E-state index >= 15 is 0 Å². The number of nitrogens with one attached hydrogen (secondary N) is 3. The normalized spacial score (nSPS) is 13.9. The second-order valence-corrected chi connectivity index (χ2v) is 6.07. The number of hydrogen-bond donors (Lipinski definition) is 3. The van der Waals surface area contributed by atoms with Crippen molar-refractivity contribution >= 4 is 28.6 Å².